The Morgan fingerprint density at radius 3 is 2.67 bits per heavy atom. The van der Waals surface area contributed by atoms with Crippen LogP contribution in [0.3, 0.4) is 0 Å². The molecule has 126 valence electrons. The summed E-state index contributed by atoms with van der Waals surface area (Å²) in [5.74, 6) is 3.26. The number of anilines is 1. The number of nitrogens with zero attached hydrogens (tertiary/aromatic N) is 3. The number of ether oxygens (including phenoxy) is 2. The summed E-state index contributed by atoms with van der Waals surface area (Å²) >= 11 is 1.64. The Kier molecular flexibility index (Phi) is 4.85. The van der Waals surface area contributed by atoms with Crippen LogP contribution in [0.5, 0.6) is 11.5 Å². The molecule has 5 nitrogen and oxygen atoms in total. The van der Waals surface area contributed by atoms with Crippen molar-refractivity contribution >= 4 is 27.4 Å². The van der Waals surface area contributed by atoms with Crippen LogP contribution in [-0.2, 0) is 6.54 Å². The van der Waals surface area contributed by atoms with E-state index in [2.05, 4.69) is 39.3 Å². The van der Waals surface area contributed by atoms with E-state index in [0.29, 0.717) is 6.54 Å². The fourth-order valence-electron chi connectivity index (χ4n) is 2.80. The van der Waals surface area contributed by atoms with Gasteiger partial charge in [-0.15, -0.1) is 11.3 Å². The van der Waals surface area contributed by atoms with Crippen molar-refractivity contribution in [3.8, 4) is 11.5 Å². The summed E-state index contributed by atoms with van der Waals surface area (Å²) in [6.45, 7) is 5.59. The SMILES string of the molecule is CCN(Cc1cccc(OC)c1OC)c1nc(C)nc2sccc12. The highest BCUT2D eigenvalue weighted by atomic mass is 32.1. The van der Waals surface area contributed by atoms with Crippen molar-refractivity contribution in [2.75, 3.05) is 25.7 Å². The largest absolute Gasteiger partial charge is 0.493 e. The molecule has 0 atom stereocenters. The molecule has 2 aromatic heterocycles. The number of thiophene rings is 1. The Hall–Kier alpha value is -2.34. The van der Waals surface area contributed by atoms with E-state index in [-0.39, 0.29) is 0 Å². The molecule has 0 radical (unpaired) electrons. The maximum atomic E-state index is 5.56. The summed E-state index contributed by atoms with van der Waals surface area (Å²) < 4.78 is 11.0. The number of methoxy groups -OCH3 is 2. The fourth-order valence-corrected chi connectivity index (χ4v) is 3.61. The number of benzene rings is 1. The molecule has 0 N–H and O–H groups in total. The van der Waals surface area contributed by atoms with Crippen LogP contribution in [0.25, 0.3) is 10.2 Å². The summed E-state index contributed by atoms with van der Waals surface area (Å²) in [6, 6.07) is 8.03. The molecule has 0 bridgehead atoms. The second-order valence-electron chi connectivity index (χ2n) is 5.40. The number of hydrogen-bond acceptors (Lipinski definition) is 6. The van der Waals surface area contributed by atoms with Gasteiger partial charge in [0.15, 0.2) is 11.5 Å². The van der Waals surface area contributed by atoms with Crippen molar-refractivity contribution < 1.29 is 9.47 Å². The molecule has 1 aromatic carbocycles. The smallest absolute Gasteiger partial charge is 0.165 e. The third-order valence-corrected chi connectivity index (χ3v) is 4.75. The van der Waals surface area contributed by atoms with Gasteiger partial charge >= 0.3 is 0 Å². The van der Waals surface area contributed by atoms with Gasteiger partial charge in [-0.3, -0.25) is 0 Å². The Labute approximate surface area is 145 Å². The summed E-state index contributed by atoms with van der Waals surface area (Å²) in [7, 11) is 3.32. The third kappa shape index (κ3) is 3.01. The third-order valence-electron chi connectivity index (χ3n) is 3.94. The van der Waals surface area contributed by atoms with Gasteiger partial charge in [0.1, 0.15) is 16.5 Å². The Bertz CT molecular complexity index is 847. The molecule has 0 amide bonds. The lowest BCUT2D eigenvalue weighted by atomic mass is 10.1. The van der Waals surface area contributed by atoms with Gasteiger partial charge in [-0.25, -0.2) is 9.97 Å². The summed E-state index contributed by atoms with van der Waals surface area (Å²) in [4.78, 5) is 12.5. The number of aromatic nitrogens is 2. The Morgan fingerprint density at radius 1 is 1.12 bits per heavy atom. The second kappa shape index (κ2) is 7.05. The van der Waals surface area contributed by atoms with Crippen LogP contribution in [0, 0.1) is 6.92 Å². The van der Waals surface area contributed by atoms with E-state index in [1.807, 2.05) is 19.1 Å². The number of para-hydroxylation sites is 1. The molecule has 3 aromatic rings. The molecule has 0 aliphatic heterocycles. The van der Waals surface area contributed by atoms with Gasteiger partial charge in [-0.05, 0) is 31.4 Å². The average molecular weight is 343 g/mol. The zero-order chi connectivity index (χ0) is 17.1. The quantitative estimate of drug-likeness (QED) is 0.676. The number of hydrogen-bond donors (Lipinski definition) is 0. The predicted molar refractivity (Wildman–Crippen MR) is 98.4 cm³/mol. The van der Waals surface area contributed by atoms with Crippen LogP contribution in [0.2, 0.25) is 0 Å². The maximum absolute atomic E-state index is 5.56. The highest BCUT2D eigenvalue weighted by molar-refractivity contribution is 7.16. The fraction of sp³-hybridized carbons (Fsp3) is 0.333. The van der Waals surface area contributed by atoms with Crippen molar-refractivity contribution in [1.29, 1.82) is 0 Å². The average Bonchev–Trinajstić information content (AvgIpc) is 3.06. The highest BCUT2D eigenvalue weighted by Gasteiger charge is 2.17. The number of fused-ring (bicyclic) bond motifs is 1. The van der Waals surface area contributed by atoms with Gasteiger partial charge in [0, 0.05) is 18.7 Å². The van der Waals surface area contributed by atoms with E-state index in [1.54, 1.807) is 25.6 Å². The zero-order valence-electron chi connectivity index (χ0n) is 14.4. The standard InChI is InChI=1S/C18H21N3O2S/c1-5-21(11-13-7-6-8-15(22-3)16(13)23-4)17-14-9-10-24-18(14)20-12(2)19-17/h6-10H,5,11H2,1-4H3. The van der Waals surface area contributed by atoms with Crippen molar-refractivity contribution in [1.82, 2.24) is 9.97 Å². The molecule has 6 heteroatoms. The lowest BCUT2D eigenvalue weighted by Gasteiger charge is -2.24. The minimum Gasteiger partial charge on any atom is -0.493 e. The Balaban J connectivity index is 2.02. The number of rotatable bonds is 6. The van der Waals surface area contributed by atoms with Gasteiger partial charge < -0.3 is 14.4 Å². The lowest BCUT2D eigenvalue weighted by molar-refractivity contribution is 0.351. The van der Waals surface area contributed by atoms with Crippen molar-refractivity contribution in [3.63, 3.8) is 0 Å². The van der Waals surface area contributed by atoms with E-state index in [9.17, 15) is 0 Å². The van der Waals surface area contributed by atoms with Crippen LogP contribution < -0.4 is 14.4 Å². The maximum Gasteiger partial charge on any atom is 0.165 e. The van der Waals surface area contributed by atoms with E-state index >= 15 is 0 Å². The van der Waals surface area contributed by atoms with Crippen LogP contribution in [-0.4, -0.2) is 30.7 Å². The minimum absolute atomic E-state index is 0.693. The molecule has 0 aliphatic carbocycles. The van der Waals surface area contributed by atoms with Crippen LogP contribution >= 0.6 is 11.3 Å². The van der Waals surface area contributed by atoms with Crippen LogP contribution in [0.4, 0.5) is 5.82 Å². The zero-order valence-corrected chi connectivity index (χ0v) is 15.2. The van der Waals surface area contributed by atoms with Gasteiger partial charge in [0.2, 0.25) is 0 Å². The van der Waals surface area contributed by atoms with Crippen LogP contribution in [0.1, 0.15) is 18.3 Å². The molecule has 0 spiro atoms. The normalized spacial score (nSPS) is 10.8. The van der Waals surface area contributed by atoms with Gasteiger partial charge in [0.05, 0.1) is 19.6 Å². The molecule has 0 saturated heterocycles. The molecular formula is C18H21N3O2S. The van der Waals surface area contributed by atoms with E-state index < -0.39 is 0 Å². The van der Waals surface area contributed by atoms with Crippen LogP contribution in [0.15, 0.2) is 29.6 Å². The molecule has 0 unspecified atom stereocenters. The predicted octanol–water partition coefficient (Wildman–Crippen LogP) is 4.04. The van der Waals surface area contributed by atoms with Gasteiger partial charge in [-0.1, -0.05) is 12.1 Å². The second-order valence-corrected chi connectivity index (χ2v) is 6.30. The van der Waals surface area contributed by atoms with Gasteiger partial charge in [0.25, 0.3) is 0 Å². The molecule has 0 aliphatic rings. The monoisotopic (exact) mass is 343 g/mol. The van der Waals surface area contributed by atoms with E-state index in [4.69, 9.17) is 9.47 Å². The molecule has 0 saturated carbocycles. The number of aryl methyl sites for hydroxylation is 1. The first-order valence-electron chi connectivity index (χ1n) is 7.84. The first kappa shape index (κ1) is 16.5. The molecular weight excluding hydrogens is 322 g/mol. The molecule has 2 heterocycles. The molecule has 0 fully saturated rings. The summed E-state index contributed by atoms with van der Waals surface area (Å²) in [5, 5.41) is 3.15. The first-order valence-corrected chi connectivity index (χ1v) is 8.72. The lowest BCUT2D eigenvalue weighted by Crippen LogP contribution is -2.24. The molecule has 24 heavy (non-hydrogen) atoms. The van der Waals surface area contributed by atoms with E-state index in [1.165, 1.54) is 0 Å². The topological polar surface area (TPSA) is 47.5 Å². The molecule has 3 rings (SSSR count). The summed E-state index contributed by atoms with van der Waals surface area (Å²) in [6.07, 6.45) is 0. The van der Waals surface area contributed by atoms with Crippen molar-refractivity contribution in [3.05, 3.63) is 41.0 Å². The first-order chi connectivity index (χ1) is 11.7. The van der Waals surface area contributed by atoms with Gasteiger partial charge in [-0.2, -0.15) is 0 Å². The summed E-state index contributed by atoms with van der Waals surface area (Å²) in [5.41, 5.74) is 1.07. The Morgan fingerprint density at radius 2 is 1.96 bits per heavy atom. The van der Waals surface area contributed by atoms with Crippen molar-refractivity contribution in [2.24, 2.45) is 0 Å². The minimum atomic E-state index is 0.693. The van der Waals surface area contributed by atoms with E-state index in [0.717, 1.165) is 45.5 Å². The highest BCUT2D eigenvalue weighted by Crippen LogP contribution is 2.34. The van der Waals surface area contributed by atoms with Crippen molar-refractivity contribution in [2.45, 2.75) is 20.4 Å².